The first-order valence-corrected chi connectivity index (χ1v) is 6.59. The number of benzene rings is 2. The highest BCUT2D eigenvalue weighted by Crippen LogP contribution is 2.31. The molecule has 0 aliphatic heterocycles. The normalized spacial score (nSPS) is 11.6. The number of phenols is 2. The van der Waals surface area contributed by atoms with Crippen molar-refractivity contribution in [1.82, 2.24) is 0 Å². The van der Waals surface area contributed by atoms with Crippen LogP contribution < -0.4 is 10.2 Å². The second-order valence-electron chi connectivity index (χ2n) is 4.89. The van der Waals surface area contributed by atoms with Crippen molar-refractivity contribution in [2.45, 2.75) is 6.36 Å². The third-order valence-corrected chi connectivity index (χ3v) is 3.17. The molecular weight excluding hydrogens is 329 g/mol. The van der Waals surface area contributed by atoms with E-state index in [9.17, 15) is 28.2 Å². The second-order valence-corrected chi connectivity index (χ2v) is 4.89. The third-order valence-electron chi connectivity index (χ3n) is 3.17. The monoisotopic (exact) mass is 338 g/mol. The quantitative estimate of drug-likeness (QED) is 0.743. The van der Waals surface area contributed by atoms with Gasteiger partial charge < -0.3 is 19.4 Å². The molecule has 8 heteroatoms. The number of hydrogen-bond acceptors (Lipinski definition) is 5. The van der Waals surface area contributed by atoms with Crippen LogP contribution in [0.5, 0.6) is 17.2 Å². The summed E-state index contributed by atoms with van der Waals surface area (Å²) in [5, 5.41) is 19.1. The molecule has 1 heterocycles. The molecule has 124 valence electrons. The maximum atomic E-state index is 12.1. The molecule has 0 radical (unpaired) electrons. The number of halogens is 3. The third kappa shape index (κ3) is 3.12. The van der Waals surface area contributed by atoms with Crippen LogP contribution in [0.4, 0.5) is 13.2 Å². The number of fused-ring (bicyclic) bond motifs is 1. The summed E-state index contributed by atoms with van der Waals surface area (Å²) in [7, 11) is 0. The van der Waals surface area contributed by atoms with Gasteiger partial charge in [0.2, 0.25) is 0 Å². The Labute approximate surface area is 132 Å². The SMILES string of the molecule is O=c1cc(-c2ccc(OC(F)(F)F)cc2)oc2cc(O)cc(O)c12. The van der Waals surface area contributed by atoms with Crippen molar-refractivity contribution in [2.75, 3.05) is 0 Å². The standard InChI is InChI=1S/C16H9F3O5/c17-16(18,19)24-10-3-1-8(2-4-10)13-7-12(22)15-11(21)5-9(20)6-14(15)23-13/h1-7,20-21H. The molecule has 0 aliphatic carbocycles. The van der Waals surface area contributed by atoms with Gasteiger partial charge in [-0.25, -0.2) is 0 Å². The van der Waals surface area contributed by atoms with E-state index in [4.69, 9.17) is 4.42 Å². The van der Waals surface area contributed by atoms with Crippen molar-refractivity contribution >= 4 is 11.0 Å². The van der Waals surface area contributed by atoms with Crippen LogP contribution in [0.3, 0.4) is 0 Å². The van der Waals surface area contributed by atoms with Gasteiger partial charge in [0.25, 0.3) is 0 Å². The van der Waals surface area contributed by atoms with E-state index in [1.165, 1.54) is 12.1 Å². The lowest BCUT2D eigenvalue weighted by atomic mass is 10.1. The molecule has 0 amide bonds. The first-order valence-electron chi connectivity index (χ1n) is 6.59. The molecule has 0 fully saturated rings. The predicted molar refractivity (Wildman–Crippen MR) is 77.9 cm³/mol. The zero-order chi connectivity index (χ0) is 17.5. The van der Waals surface area contributed by atoms with Gasteiger partial charge in [0.15, 0.2) is 5.43 Å². The molecule has 0 unspecified atom stereocenters. The maximum Gasteiger partial charge on any atom is 0.573 e. The minimum atomic E-state index is -4.80. The van der Waals surface area contributed by atoms with Crippen LogP contribution in [0.1, 0.15) is 0 Å². The minimum absolute atomic E-state index is 0.0504. The maximum absolute atomic E-state index is 12.1. The summed E-state index contributed by atoms with van der Waals surface area (Å²) in [6.45, 7) is 0. The molecule has 24 heavy (non-hydrogen) atoms. The molecule has 2 aromatic carbocycles. The van der Waals surface area contributed by atoms with Crippen LogP contribution in [-0.4, -0.2) is 16.6 Å². The van der Waals surface area contributed by atoms with Crippen molar-refractivity contribution < 1.29 is 32.5 Å². The van der Waals surface area contributed by atoms with Gasteiger partial charge in [0.05, 0.1) is 0 Å². The van der Waals surface area contributed by atoms with Gasteiger partial charge >= 0.3 is 6.36 Å². The number of alkyl halides is 3. The van der Waals surface area contributed by atoms with E-state index in [2.05, 4.69) is 4.74 Å². The second kappa shape index (κ2) is 5.48. The Morgan fingerprint density at radius 2 is 1.67 bits per heavy atom. The molecule has 0 saturated heterocycles. The molecule has 0 spiro atoms. The highest BCUT2D eigenvalue weighted by Gasteiger charge is 2.31. The average molecular weight is 338 g/mol. The largest absolute Gasteiger partial charge is 0.573 e. The van der Waals surface area contributed by atoms with Crippen LogP contribution in [0.25, 0.3) is 22.3 Å². The summed E-state index contributed by atoms with van der Waals surface area (Å²) in [6.07, 6.45) is -4.80. The molecule has 0 bridgehead atoms. The minimum Gasteiger partial charge on any atom is -0.508 e. The molecular formula is C16H9F3O5. The number of rotatable bonds is 2. The van der Waals surface area contributed by atoms with Gasteiger partial charge in [-0.1, -0.05) is 0 Å². The van der Waals surface area contributed by atoms with Crippen LogP contribution in [-0.2, 0) is 0 Å². The fourth-order valence-corrected chi connectivity index (χ4v) is 2.22. The van der Waals surface area contributed by atoms with Crippen LogP contribution >= 0.6 is 0 Å². The van der Waals surface area contributed by atoms with Crippen LogP contribution in [0.2, 0.25) is 0 Å². The van der Waals surface area contributed by atoms with Gasteiger partial charge in [-0.05, 0) is 24.3 Å². The highest BCUT2D eigenvalue weighted by atomic mass is 19.4. The number of hydrogen-bond donors (Lipinski definition) is 2. The Morgan fingerprint density at radius 3 is 2.29 bits per heavy atom. The van der Waals surface area contributed by atoms with Gasteiger partial charge in [-0.2, -0.15) is 0 Å². The van der Waals surface area contributed by atoms with Gasteiger partial charge in [0.1, 0.15) is 34.0 Å². The van der Waals surface area contributed by atoms with E-state index in [0.29, 0.717) is 5.56 Å². The highest BCUT2D eigenvalue weighted by molar-refractivity contribution is 5.85. The number of aromatic hydroxyl groups is 2. The Hall–Kier alpha value is -3.16. The molecule has 3 aromatic rings. The smallest absolute Gasteiger partial charge is 0.508 e. The first-order chi connectivity index (χ1) is 11.2. The van der Waals surface area contributed by atoms with E-state index in [-0.39, 0.29) is 22.5 Å². The Balaban J connectivity index is 2.05. The fraction of sp³-hybridized carbons (Fsp3) is 0.0625. The summed E-state index contributed by atoms with van der Waals surface area (Å²) in [5.41, 5.74) is -0.281. The Morgan fingerprint density at radius 1 is 1.00 bits per heavy atom. The Kier molecular flexibility index (Phi) is 3.59. The summed E-state index contributed by atoms with van der Waals surface area (Å²) >= 11 is 0. The fourth-order valence-electron chi connectivity index (χ4n) is 2.22. The molecule has 0 atom stereocenters. The lowest BCUT2D eigenvalue weighted by molar-refractivity contribution is -0.274. The zero-order valence-electron chi connectivity index (χ0n) is 11.8. The van der Waals surface area contributed by atoms with Gasteiger partial charge in [-0.15, -0.1) is 13.2 Å². The molecule has 0 aliphatic rings. The van der Waals surface area contributed by atoms with E-state index >= 15 is 0 Å². The van der Waals surface area contributed by atoms with Crippen LogP contribution in [0.15, 0.2) is 51.7 Å². The van der Waals surface area contributed by atoms with Gasteiger partial charge in [-0.3, -0.25) is 4.79 Å². The van der Waals surface area contributed by atoms with E-state index < -0.39 is 23.3 Å². The summed E-state index contributed by atoms with van der Waals surface area (Å²) in [4.78, 5) is 12.1. The molecule has 3 rings (SSSR count). The molecule has 1 aromatic heterocycles. The van der Waals surface area contributed by atoms with E-state index in [1.54, 1.807) is 0 Å². The summed E-state index contributed by atoms with van der Waals surface area (Å²) in [6, 6.07) is 7.98. The van der Waals surface area contributed by atoms with E-state index in [0.717, 1.165) is 30.3 Å². The zero-order valence-corrected chi connectivity index (χ0v) is 11.8. The van der Waals surface area contributed by atoms with Gasteiger partial charge in [0, 0.05) is 23.8 Å². The lowest BCUT2D eigenvalue weighted by Gasteiger charge is -2.09. The summed E-state index contributed by atoms with van der Waals surface area (Å²) < 4.78 is 45.6. The van der Waals surface area contributed by atoms with Crippen molar-refractivity contribution in [3.63, 3.8) is 0 Å². The van der Waals surface area contributed by atoms with E-state index in [1.807, 2.05) is 0 Å². The van der Waals surface area contributed by atoms with Crippen molar-refractivity contribution in [3.8, 4) is 28.6 Å². The first kappa shape index (κ1) is 15.7. The number of ether oxygens (including phenoxy) is 1. The molecule has 5 nitrogen and oxygen atoms in total. The topological polar surface area (TPSA) is 79.9 Å². The average Bonchev–Trinajstić information content (AvgIpc) is 2.45. The van der Waals surface area contributed by atoms with Crippen molar-refractivity contribution in [1.29, 1.82) is 0 Å². The molecule has 2 N–H and O–H groups in total. The lowest BCUT2D eigenvalue weighted by Crippen LogP contribution is -2.16. The summed E-state index contributed by atoms with van der Waals surface area (Å²) in [5.74, 6) is -1.07. The van der Waals surface area contributed by atoms with Crippen molar-refractivity contribution in [3.05, 3.63) is 52.7 Å². The van der Waals surface area contributed by atoms with Crippen molar-refractivity contribution in [2.24, 2.45) is 0 Å². The number of phenolic OH excluding ortho intramolecular Hbond substituents is 2. The molecule has 0 saturated carbocycles. The Bertz CT molecular complexity index is 958. The predicted octanol–water partition coefficient (Wildman–Crippen LogP) is 3.77. The van der Waals surface area contributed by atoms with Crippen LogP contribution in [0, 0.1) is 0 Å².